The summed E-state index contributed by atoms with van der Waals surface area (Å²) in [5.41, 5.74) is 7.67. The molecule has 0 aliphatic rings. The van der Waals surface area contributed by atoms with Crippen molar-refractivity contribution in [3.63, 3.8) is 0 Å². The van der Waals surface area contributed by atoms with Crippen molar-refractivity contribution in [2.24, 2.45) is 0 Å². The Morgan fingerprint density at radius 2 is 1.71 bits per heavy atom. The molecular formula is C21H21N3O3S. The molecule has 0 bridgehead atoms. The number of phenolic OH excluding ortho intramolecular Hbond substituents is 2. The average Bonchev–Trinajstić information content (AvgIpc) is 2.68. The lowest BCUT2D eigenvalue weighted by Crippen LogP contribution is -2.43. The lowest BCUT2D eigenvalue weighted by atomic mass is 10.0. The summed E-state index contributed by atoms with van der Waals surface area (Å²) in [4.78, 5) is 12.4. The monoisotopic (exact) mass is 395 g/mol. The Hall–Kier alpha value is -3.32. The zero-order chi connectivity index (χ0) is 20.3. The molecule has 0 saturated heterocycles. The third-order valence-electron chi connectivity index (χ3n) is 4.50. The Balaban J connectivity index is 1.70. The van der Waals surface area contributed by atoms with Crippen LogP contribution >= 0.6 is 12.2 Å². The predicted octanol–water partition coefficient (Wildman–Crippen LogP) is 3.75. The molecule has 7 heteroatoms. The van der Waals surface area contributed by atoms with Crippen molar-refractivity contribution in [3.05, 3.63) is 65.2 Å². The molecule has 1 amide bonds. The van der Waals surface area contributed by atoms with Crippen LogP contribution in [0.2, 0.25) is 0 Å². The van der Waals surface area contributed by atoms with Crippen LogP contribution in [-0.4, -0.2) is 21.2 Å². The van der Waals surface area contributed by atoms with Crippen molar-refractivity contribution in [2.75, 3.05) is 5.32 Å². The van der Waals surface area contributed by atoms with Gasteiger partial charge in [-0.3, -0.25) is 15.6 Å². The Bertz CT molecular complexity index is 1070. The van der Waals surface area contributed by atoms with E-state index in [1.54, 1.807) is 0 Å². The number of anilines is 1. The third kappa shape index (κ3) is 3.99. The van der Waals surface area contributed by atoms with Crippen molar-refractivity contribution in [2.45, 2.75) is 20.3 Å². The first-order valence-electron chi connectivity index (χ1n) is 8.81. The van der Waals surface area contributed by atoms with Gasteiger partial charge in [0.05, 0.1) is 5.56 Å². The van der Waals surface area contributed by atoms with Gasteiger partial charge in [0.2, 0.25) is 0 Å². The molecule has 0 aliphatic carbocycles. The summed E-state index contributed by atoms with van der Waals surface area (Å²) in [5, 5.41) is 25.1. The highest BCUT2D eigenvalue weighted by Crippen LogP contribution is 2.28. The zero-order valence-electron chi connectivity index (χ0n) is 15.5. The Morgan fingerprint density at radius 3 is 2.43 bits per heavy atom. The highest BCUT2D eigenvalue weighted by atomic mass is 32.1. The molecule has 0 aromatic heterocycles. The molecular weight excluding hydrogens is 374 g/mol. The molecule has 0 heterocycles. The number of thiocarbonyl (C=S) groups is 1. The quantitative estimate of drug-likeness (QED) is 0.343. The van der Waals surface area contributed by atoms with Crippen LogP contribution in [0.25, 0.3) is 10.8 Å². The standard InChI is InChI=1S/C21H21N3O3S/c1-3-13-10-16(19(26)11-18(13)25)20(27)23-24-21(28)22-17-9-8-12(2)14-6-4-5-7-15(14)17/h4-11,25-26H,3H2,1-2H3,(H,23,27)(H2,22,24,28). The Labute approximate surface area is 168 Å². The van der Waals surface area contributed by atoms with E-state index in [9.17, 15) is 15.0 Å². The molecule has 0 spiro atoms. The minimum atomic E-state index is -0.565. The molecule has 144 valence electrons. The first-order chi connectivity index (χ1) is 13.4. The molecule has 3 rings (SSSR count). The van der Waals surface area contributed by atoms with E-state index in [1.165, 1.54) is 6.07 Å². The second-order valence-electron chi connectivity index (χ2n) is 6.36. The summed E-state index contributed by atoms with van der Waals surface area (Å²) in [5.74, 6) is -0.921. The summed E-state index contributed by atoms with van der Waals surface area (Å²) < 4.78 is 0. The Morgan fingerprint density at radius 1 is 1.00 bits per heavy atom. The lowest BCUT2D eigenvalue weighted by molar-refractivity contribution is 0.0941. The van der Waals surface area contributed by atoms with E-state index in [0.29, 0.717) is 12.0 Å². The normalized spacial score (nSPS) is 10.5. The van der Waals surface area contributed by atoms with Crippen LogP contribution in [0, 0.1) is 6.92 Å². The van der Waals surface area contributed by atoms with E-state index in [0.717, 1.165) is 28.1 Å². The van der Waals surface area contributed by atoms with Gasteiger partial charge in [-0.05, 0) is 54.2 Å². The fourth-order valence-electron chi connectivity index (χ4n) is 2.98. The van der Waals surface area contributed by atoms with E-state index in [4.69, 9.17) is 12.2 Å². The van der Waals surface area contributed by atoms with E-state index in [2.05, 4.69) is 16.2 Å². The minimum Gasteiger partial charge on any atom is -0.508 e. The van der Waals surface area contributed by atoms with Gasteiger partial charge in [0.1, 0.15) is 11.5 Å². The lowest BCUT2D eigenvalue weighted by Gasteiger charge is -2.15. The van der Waals surface area contributed by atoms with Crippen LogP contribution in [0.3, 0.4) is 0 Å². The van der Waals surface area contributed by atoms with Crippen LogP contribution < -0.4 is 16.2 Å². The number of phenols is 2. The van der Waals surface area contributed by atoms with Crippen molar-refractivity contribution in [3.8, 4) is 11.5 Å². The van der Waals surface area contributed by atoms with Gasteiger partial charge in [-0.25, -0.2) is 0 Å². The number of carbonyl (C=O) groups is 1. The maximum atomic E-state index is 12.4. The summed E-state index contributed by atoms with van der Waals surface area (Å²) in [6.45, 7) is 3.88. The number of nitrogens with one attached hydrogen (secondary N) is 3. The molecule has 0 fully saturated rings. The highest BCUT2D eigenvalue weighted by Gasteiger charge is 2.15. The summed E-state index contributed by atoms with van der Waals surface area (Å²) in [6, 6.07) is 14.5. The SMILES string of the molecule is CCc1cc(C(=O)NNC(=S)Nc2ccc(C)c3ccccc23)c(O)cc1O. The molecule has 3 aromatic rings. The van der Waals surface area contributed by atoms with Gasteiger partial charge < -0.3 is 15.5 Å². The van der Waals surface area contributed by atoms with Gasteiger partial charge in [-0.2, -0.15) is 0 Å². The van der Waals surface area contributed by atoms with Gasteiger partial charge in [-0.15, -0.1) is 0 Å². The van der Waals surface area contributed by atoms with Crippen LogP contribution in [0.5, 0.6) is 11.5 Å². The first-order valence-corrected chi connectivity index (χ1v) is 9.22. The maximum absolute atomic E-state index is 12.4. The van der Waals surface area contributed by atoms with Crippen LogP contribution in [0.4, 0.5) is 5.69 Å². The average molecular weight is 395 g/mol. The first kappa shape index (κ1) is 19.4. The van der Waals surface area contributed by atoms with Gasteiger partial charge in [0.25, 0.3) is 5.91 Å². The number of carbonyl (C=O) groups excluding carboxylic acids is 1. The van der Waals surface area contributed by atoms with Gasteiger partial charge in [0, 0.05) is 17.1 Å². The van der Waals surface area contributed by atoms with E-state index < -0.39 is 5.91 Å². The predicted molar refractivity (Wildman–Crippen MR) is 115 cm³/mol. The van der Waals surface area contributed by atoms with Crippen LogP contribution in [0.15, 0.2) is 48.5 Å². The third-order valence-corrected chi connectivity index (χ3v) is 4.71. The largest absolute Gasteiger partial charge is 0.508 e. The highest BCUT2D eigenvalue weighted by molar-refractivity contribution is 7.80. The molecule has 0 atom stereocenters. The molecule has 6 nitrogen and oxygen atoms in total. The molecule has 0 aliphatic heterocycles. The van der Waals surface area contributed by atoms with Crippen LogP contribution in [0.1, 0.15) is 28.4 Å². The van der Waals surface area contributed by atoms with Gasteiger partial charge in [0.15, 0.2) is 5.11 Å². The molecule has 0 radical (unpaired) electrons. The summed E-state index contributed by atoms with van der Waals surface area (Å²) in [6.07, 6.45) is 0.528. The zero-order valence-corrected chi connectivity index (χ0v) is 16.4. The number of amides is 1. The van der Waals surface area contributed by atoms with Gasteiger partial charge in [-0.1, -0.05) is 37.3 Å². The van der Waals surface area contributed by atoms with Gasteiger partial charge >= 0.3 is 0 Å². The van der Waals surface area contributed by atoms with Crippen molar-refractivity contribution < 1.29 is 15.0 Å². The number of aryl methyl sites for hydroxylation is 2. The maximum Gasteiger partial charge on any atom is 0.273 e. The summed E-state index contributed by atoms with van der Waals surface area (Å²) in [7, 11) is 0. The fraction of sp³-hybridized carbons (Fsp3) is 0.143. The number of aromatic hydroxyl groups is 2. The molecule has 5 N–H and O–H groups in total. The molecule has 0 saturated carbocycles. The molecule has 3 aromatic carbocycles. The summed E-state index contributed by atoms with van der Waals surface area (Å²) >= 11 is 5.26. The van der Waals surface area contributed by atoms with E-state index >= 15 is 0 Å². The topological polar surface area (TPSA) is 93.6 Å². The molecule has 28 heavy (non-hydrogen) atoms. The Kier molecular flexibility index (Phi) is 5.65. The minimum absolute atomic E-state index is 0.0470. The number of hydrogen-bond acceptors (Lipinski definition) is 4. The van der Waals surface area contributed by atoms with E-state index in [1.807, 2.05) is 50.2 Å². The van der Waals surface area contributed by atoms with Crippen LogP contribution in [-0.2, 0) is 6.42 Å². The number of hydrogen-bond donors (Lipinski definition) is 5. The number of fused-ring (bicyclic) bond motifs is 1. The second-order valence-corrected chi connectivity index (χ2v) is 6.77. The fourth-order valence-corrected chi connectivity index (χ4v) is 3.14. The van der Waals surface area contributed by atoms with Crippen molar-refractivity contribution >= 4 is 39.7 Å². The number of rotatable bonds is 3. The van der Waals surface area contributed by atoms with Crippen molar-refractivity contribution in [1.29, 1.82) is 0 Å². The number of hydrazine groups is 1. The van der Waals surface area contributed by atoms with Crippen molar-refractivity contribution in [1.82, 2.24) is 10.9 Å². The van der Waals surface area contributed by atoms with E-state index in [-0.39, 0.29) is 22.2 Å². The second kappa shape index (κ2) is 8.14. The smallest absolute Gasteiger partial charge is 0.273 e. The molecule has 0 unspecified atom stereocenters. The number of benzene rings is 3.